The van der Waals surface area contributed by atoms with Crippen LogP contribution < -0.4 is 9.46 Å². The van der Waals surface area contributed by atoms with E-state index in [-0.39, 0.29) is 22.8 Å². The molecule has 0 saturated carbocycles. The van der Waals surface area contributed by atoms with E-state index in [0.29, 0.717) is 10.0 Å². The molecule has 0 unspecified atom stereocenters. The number of rotatable bonds is 6. The first-order chi connectivity index (χ1) is 10.8. The lowest BCUT2D eigenvalue weighted by Crippen LogP contribution is -2.14. The highest BCUT2D eigenvalue weighted by Crippen LogP contribution is 2.29. The molecule has 2 aromatic rings. The number of methoxy groups -OCH3 is 1. The number of ether oxygens (including phenoxy) is 1. The van der Waals surface area contributed by atoms with Crippen LogP contribution in [0.2, 0.25) is 0 Å². The van der Waals surface area contributed by atoms with Crippen molar-refractivity contribution in [3.8, 4) is 5.75 Å². The quantitative estimate of drug-likeness (QED) is 0.778. The minimum absolute atomic E-state index is 0.0157. The van der Waals surface area contributed by atoms with Crippen LogP contribution in [0.25, 0.3) is 0 Å². The molecule has 2 N–H and O–H groups in total. The third-order valence-electron chi connectivity index (χ3n) is 2.95. The fourth-order valence-electron chi connectivity index (χ4n) is 1.99. The monoisotopic (exact) mass is 399 g/mol. The van der Waals surface area contributed by atoms with E-state index >= 15 is 0 Å². The Morgan fingerprint density at radius 1 is 1.26 bits per heavy atom. The highest BCUT2D eigenvalue weighted by Gasteiger charge is 2.20. The van der Waals surface area contributed by atoms with Gasteiger partial charge in [0.15, 0.2) is 0 Å². The lowest BCUT2D eigenvalue weighted by molar-refractivity contribution is -0.136. The van der Waals surface area contributed by atoms with Crippen molar-refractivity contribution >= 4 is 37.6 Å². The van der Waals surface area contributed by atoms with Gasteiger partial charge in [-0.2, -0.15) is 0 Å². The average Bonchev–Trinajstić information content (AvgIpc) is 2.46. The number of aliphatic carboxylic acids is 1. The van der Waals surface area contributed by atoms with Gasteiger partial charge in [-0.15, -0.1) is 0 Å². The summed E-state index contributed by atoms with van der Waals surface area (Å²) in [7, 11) is -2.49. The zero-order valence-electron chi connectivity index (χ0n) is 12.1. The fraction of sp³-hybridized carbons (Fsp3) is 0.133. The van der Waals surface area contributed by atoms with Gasteiger partial charge in [0.25, 0.3) is 10.0 Å². The zero-order chi connectivity index (χ0) is 17.0. The number of halogens is 1. The van der Waals surface area contributed by atoms with E-state index in [9.17, 15) is 13.2 Å². The fourth-order valence-corrected chi connectivity index (χ4v) is 3.75. The molecule has 0 aliphatic rings. The van der Waals surface area contributed by atoms with Crippen molar-refractivity contribution in [3.63, 3.8) is 0 Å². The van der Waals surface area contributed by atoms with Crippen molar-refractivity contribution in [2.75, 3.05) is 11.8 Å². The first-order valence-electron chi connectivity index (χ1n) is 6.49. The Hall–Kier alpha value is -2.06. The van der Waals surface area contributed by atoms with E-state index in [1.54, 1.807) is 30.3 Å². The van der Waals surface area contributed by atoms with Gasteiger partial charge in [0.2, 0.25) is 0 Å². The Morgan fingerprint density at radius 2 is 2.00 bits per heavy atom. The Kier molecular flexibility index (Phi) is 5.27. The van der Waals surface area contributed by atoms with Crippen LogP contribution in [-0.4, -0.2) is 26.6 Å². The molecular formula is C15H14BrNO5S. The molecule has 0 aromatic heterocycles. The lowest BCUT2D eigenvalue weighted by atomic mass is 10.1. The smallest absolute Gasteiger partial charge is 0.307 e. The molecule has 0 aliphatic carbocycles. The Labute approximate surface area is 142 Å². The van der Waals surface area contributed by atoms with E-state index in [4.69, 9.17) is 9.84 Å². The molecule has 122 valence electrons. The van der Waals surface area contributed by atoms with Crippen molar-refractivity contribution in [2.45, 2.75) is 11.3 Å². The topological polar surface area (TPSA) is 92.7 Å². The summed E-state index contributed by atoms with van der Waals surface area (Å²) in [6.07, 6.45) is -0.185. The summed E-state index contributed by atoms with van der Waals surface area (Å²) in [5.41, 5.74) is 0.782. The summed E-state index contributed by atoms with van der Waals surface area (Å²) in [5.74, 6) is -0.777. The molecule has 0 spiro atoms. The predicted molar refractivity (Wildman–Crippen MR) is 89.3 cm³/mol. The number of carboxylic acids is 1. The first-order valence-corrected chi connectivity index (χ1v) is 8.76. The van der Waals surface area contributed by atoms with Crippen molar-refractivity contribution in [1.82, 2.24) is 0 Å². The van der Waals surface area contributed by atoms with Gasteiger partial charge < -0.3 is 9.84 Å². The van der Waals surface area contributed by atoms with Gasteiger partial charge in [0, 0.05) is 10.2 Å². The average molecular weight is 400 g/mol. The highest BCUT2D eigenvalue weighted by atomic mass is 79.9. The van der Waals surface area contributed by atoms with Gasteiger partial charge in [0.05, 0.1) is 13.5 Å². The number of nitrogens with one attached hydrogen (secondary N) is 1. The Bertz CT molecular complexity index is 836. The number of benzene rings is 2. The number of carbonyl (C=O) groups is 1. The Morgan fingerprint density at radius 3 is 2.65 bits per heavy atom. The molecule has 2 aromatic carbocycles. The zero-order valence-corrected chi connectivity index (χ0v) is 14.5. The Balaban J connectivity index is 2.35. The second-order valence-electron chi connectivity index (χ2n) is 4.67. The van der Waals surface area contributed by atoms with Crippen LogP contribution in [0.15, 0.2) is 51.8 Å². The molecule has 0 amide bonds. The second kappa shape index (κ2) is 7.01. The van der Waals surface area contributed by atoms with Gasteiger partial charge in [-0.3, -0.25) is 9.52 Å². The van der Waals surface area contributed by atoms with Crippen molar-refractivity contribution in [1.29, 1.82) is 0 Å². The second-order valence-corrected chi connectivity index (χ2v) is 7.24. The molecule has 23 heavy (non-hydrogen) atoms. The molecule has 0 bridgehead atoms. The van der Waals surface area contributed by atoms with Gasteiger partial charge in [-0.1, -0.05) is 28.1 Å². The predicted octanol–water partition coefficient (Wildman–Crippen LogP) is 2.89. The van der Waals surface area contributed by atoms with E-state index in [2.05, 4.69) is 20.7 Å². The normalized spacial score (nSPS) is 11.0. The third kappa shape index (κ3) is 4.46. The first kappa shape index (κ1) is 17.3. The maximum atomic E-state index is 12.5. The van der Waals surface area contributed by atoms with E-state index in [0.717, 1.165) is 0 Å². The summed E-state index contributed by atoms with van der Waals surface area (Å²) in [6.45, 7) is 0. The van der Waals surface area contributed by atoms with Crippen LogP contribution in [0.3, 0.4) is 0 Å². The van der Waals surface area contributed by atoms with Crippen LogP contribution in [0.5, 0.6) is 5.75 Å². The SMILES string of the molecule is COc1ccc(Br)cc1S(=O)(=O)Nc1cccc(CC(=O)O)c1. The molecule has 2 rings (SSSR count). The molecule has 0 heterocycles. The van der Waals surface area contributed by atoms with E-state index < -0.39 is 16.0 Å². The van der Waals surface area contributed by atoms with Gasteiger partial charge in [-0.25, -0.2) is 8.42 Å². The molecule has 0 radical (unpaired) electrons. The lowest BCUT2D eigenvalue weighted by Gasteiger charge is -2.12. The molecule has 0 atom stereocenters. The minimum atomic E-state index is -3.88. The number of carboxylic acid groups (broad SMARTS) is 1. The van der Waals surface area contributed by atoms with Crippen LogP contribution in [0.1, 0.15) is 5.56 Å². The molecule has 0 aliphatic heterocycles. The van der Waals surface area contributed by atoms with E-state index in [1.165, 1.54) is 19.2 Å². The van der Waals surface area contributed by atoms with Crippen LogP contribution in [0.4, 0.5) is 5.69 Å². The summed E-state index contributed by atoms with van der Waals surface area (Å²) in [6, 6.07) is 10.9. The van der Waals surface area contributed by atoms with Gasteiger partial charge in [0.1, 0.15) is 10.6 Å². The van der Waals surface area contributed by atoms with Gasteiger partial charge in [-0.05, 0) is 35.9 Å². The maximum absolute atomic E-state index is 12.5. The van der Waals surface area contributed by atoms with E-state index in [1.807, 2.05) is 0 Å². The minimum Gasteiger partial charge on any atom is -0.495 e. The summed E-state index contributed by atoms with van der Waals surface area (Å²) in [5, 5.41) is 8.81. The molecule has 0 fully saturated rings. The third-order valence-corrected chi connectivity index (χ3v) is 4.85. The summed E-state index contributed by atoms with van der Waals surface area (Å²) < 4.78 is 33.2. The standard InChI is InChI=1S/C15H14BrNO5S/c1-22-13-6-5-11(16)9-14(13)23(20,21)17-12-4-2-3-10(7-12)8-15(18)19/h2-7,9,17H,8H2,1H3,(H,18,19). The molecular weight excluding hydrogens is 386 g/mol. The highest BCUT2D eigenvalue weighted by molar-refractivity contribution is 9.10. The maximum Gasteiger partial charge on any atom is 0.307 e. The van der Waals surface area contributed by atoms with Crippen LogP contribution >= 0.6 is 15.9 Å². The number of sulfonamides is 1. The van der Waals surface area contributed by atoms with Crippen molar-refractivity contribution < 1.29 is 23.1 Å². The molecule has 0 saturated heterocycles. The number of hydrogen-bond donors (Lipinski definition) is 2. The van der Waals surface area contributed by atoms with Crippen LogP contribution in [-0.2, 0) is 21.2 Å². The van der Waals surface area contributed by atoms with Crippen molar-refractivity contribution in [2.24, 2.45) is 0 Å². The summed E-state index contributed by atoms with van der Waals surface area (Å²) in [4.78, 5) is 10.7. The number of anilines is 1. The molecule has 6 nitrogen and oxygen atoms in total. The van der Waals surface area contributed by atoms with Crippen LogP contribution in [0, 0.1) is 0 Å². The van der Waals surface area contributed by atoms with Gasteiger partial charge >= 0.3 is 5.97 Å². The molecule has 8 heteroatoms. The largest absolute Gasteiger partial charge is 0.495 e. The summed E-state index contributed by atoms with van der Waals surface area (Å²) >= 11 is 3.23. The van der Waals surface area contributed by atoms with Crippen molar-refractivity contribution in [3.05, 3.63) is 52.5 Å². The number of hydrogen-bond acceptors (Lipinski definition) is 4.